The molecule has 0 radical (unpaired) electrons. The van der Waals surface area contributed by atoms with Crippen molar-refractivity contribution < 1.29 is 14.7 Å². The quantitative estimate of drug-likeness (QED) is 0.278. The van der Waals surface area contributed by atoms with Crippen molar-refractivity contribution in [1.29, 1.82) is 0 Å². The Hall–Kier alpha value is -4.00. The minimum atomic E-state index is -1.42. The average molecular weight is 502 g/mol. The van der Waals surface area contributed by atoms with Gasteiger partial charge in [-0.1, -0.05) is 17.6 Å². The Morgan fingerprint density at radius 3 is 2.46 bits per heavy atom. The van der Waals surface area contributed by atoms with Crippen molar-refractivity contribution in [3.8, 4) is 22.7 Å². The van der Waals surface area contributed by atoms with Gasteiger partial charge in [0.15, 0.2) is 12.1 Å². The lowest BCUT2D eigenvalue weighted by molar-refractivity contribution is -0.0669. The topological polar surface area (TPSA) is 172 Å². The van der Waals surface area contributed by atoms with Crippen LogP contribution in [0, 0.1) is 0 Å². The number of nitrogens with zero attached hydrogens (tertiary/aromatic N) is 7. The highest BCUT2D eigenvalue weighted by molar-refractivity contribution is 5.58. The van der Waals surface area contributed by atoms with Crippen LogP contribution in [0.3, 0.4) is 0 Å². The number of aromatic nitrogens is 6. The second kappa shape index (κ2) is 9.47. The molecule has 5 heterocycles. The van der Waals surface area contributed by atoms with Crippen molar-refractivity contribution in [1.82, 2.24) is 35.4 Å². The van der Waals surface area contributed by atoms with Crippen LogP contribution in [0.25, 0.3) is 22.7 Å². The molecule has 0 amide bonds. The molecule has 2 aliphatic rings. The zero-order valence-electron chi connectivity index (χ0n) is 20.0. The predicted octanol–water partition coefficient (Wildman–Crippen LogP) is 1.12. The third-order valence-corrected chi connectivity index (χ3v) is 7.23. The van der Waals surface area contributed by atoms with Gasteiger partial charge in [0.1, 0.15) is 5.82 Å². The maximum absolute atomic E-state index is 9.49. The summed E-state index contributed by atoms with van der Waals surface area (Å²) in [5, 5.41) is 26.4. The second-order valence-electron chi connectivity index (χ2n) is 9.45. The van der Waals surface area contributed by atoms with Gasteiger partial charge in [0.05, 0.1) is 22.7 Å². The zero-order valence-corrected chi connectivity index (χ0v) is 20.0. The molecule has 5 N–H and O–H groups in total. The molecule has 1 saturated carbocycles. The summed E-state index contributed by atoms with van der Waals surface area (Å²) in [5.74, 6) is 2.03. The van der Waals surface area contributed by atoms with E-state index in [4.69, 9.17) is 15.2 Å². The number of nitrogens with one attached hydrogen (secondary N) is 1. The van der Waals surface area contributed by atoms with Gasteiger partial charge in [0, 0.05) is 50.0 Å². The van der Waals surface area contributed by atoms with E-state index in [0.717, 1.165) is 54.0 Å². The van der Waals surface area contributed by atoms with Gasteiger partial charge in [-0.25, -0.2) is 15.0 Å². The van der Waals surface area contributed by atoms with E-state index in [0.29, 0.717) is 24.8 Å². The lowest BCUT2D eigenvalue weighted by Gasteiger charge is -2.39. The number of nitrogen functional groups attached to an aromatic ring is 1. The fourth-order valence-electron chi connectivity index (χ4n) is 4.91. The van der Waals surface area contributed by atoms with E-state index in [1.54, 1.807) is 18.6 Å². The minimum Gasteiger partial charge on any atom is -0.368 e. The van der Waals surface area contributed by atoms with Gasteiger partial charge in [0.25, 0.3) is 5.89 Å². The molecule has 0 aromatic carbocycles. The molecule has 190 valence electrons. The molecule has 12 nitrogen and oxygen atoms in total. The van der Waals surface area contributed by atoms with Crippen LogP contribution in [0.15, 0.2) is 53.6 Å². The van der Waals surface area contributed by atoms with Gasteiger partial charge < -0.3 is 30.7 Å². The number of pyridine rings is 2. The summed E-state index contributed by atoms with van der Waals surface area (Å²) >= 11 is 0. The minimum absolute atomic E-state index is 0.227. The third-order valence-electron chi connectivity index (χ3n) is 7.23. The van der Waals surface area contributed by atoms with E-state index in [9.17, 15) is 10.2 Å². The number of hydrogen-bond acceptors (Lipinski definition) is 12. The van der Waals surface area contributed by atoms with Crippen LogP contribution in [0.2, 0.25) is 0 Å². The van der Waals surface area contributed by atoms with Crippen LogP contribution < -0.4 is 16.0 Å². The summed E-state index contributed by atoms with van der Waals surface area (Å²) in [7, 11) is 0. The molecular weight excluding hydrogens is 474 g/mol. The second-order valence-corrected chi connectivity index (χ2v) is 9.45. The Morgan fingerprint density at radius 1 is 1.00 bits per heavy atom. The summed E-state index contributed by atoms with van der Waals surface area (Å²) < 4.78 is 5.65. The predicted molar refractivity (Wildman–Crippen MR) is 134 cm³/mol. The van der Waals surface area contributed by atoms with E-state index in [1.807, 2.05) is 35.4 Å². The molecule has 12 heteroatoms. The smallest absolute Gasteiger partial charge is 0.259 e. The molecular formula is C25H27N9O3. The summed E-state index contributed by atoms with van der Waals surface area (Å²) in [6, 6.07) is 7.35. The largest absolute Gasteiger partial charge is 0.368 e. The highest BCUT2D eigenvalue weighted by atomic mass is 16.5. The first-order chi connectivity index (χ1) is 18.0. The highest BCUT2D eigenvalue weighted by Gasteiger charge is 2.45. The molecule has 0 bridgehead atoms. The van der Waals surface area contributed by atoms with Crippen LogP contribution >= 0.6 is 0 Å². The van der Waals surface area contributed by atoms with Crippen LogP contribution in [0.4, 0.5) is 11.8 Å². The molecule has 1 aliphatic carbocycles. The maximum Gasteiger partial charge on any atom is 0.259 e. The van der Waals surface area contributed by atoms with Crippen LogP contribution in [0.1, 0.15) is 30.7 Å². The number of aliphatic hydroxyl groups excluding tert-OH is 1. The molecule has 37 heavy (non-hydrogen) atoms. The molecule has 2 fully saturated rings. The fraction of sp³-hybridized carbons (Fsp3) is 0.360. The molecule has 1 aliphatic heterocycles. The van der Waals surface area contributed by atoms with Crippen LogP contribution in [0.5, 0.6) is 0 Å². The Balaban J connectivity index is 1.21. The maximum atomic E-state index is 9.49. The molecule has 4 aromatic rings. The number of hydrogen-bond donors (Lipinski definition) is 4. The molecule has 6 rings (SSSR count). The van der Waals surface area contributed by atoms with E-state index in [1.165, 1.54) is 0 Å². The Morgan fingerprint density at radius 2 is 1.81 bits per heavy atom. The number of anilines is 2. The Labute approximate surface area is 212 Å². The third kappa shape index (κ3) is 4.39. The molecule has 1 atom stereocenters. The SMILES string of the molecule is Nc1ncc(-c2ccc(C3(c4noc(-c5ccc(N6CCNC(C(O)O)C6)nc5)n4)CCC3)cn2)cn1. The first-order valence-electron chi connectivity index (χ1n) is 12.2. The van der Waals surface area contributed by atoms with Crippen molar-refractivity contribution >= 4 is 11.8 Å². The average Bonchev–Trinajstić information content (AvgIpc) is 3.39. The van der Waals surface area contributed by atoms with Gasteiger partial charge >= 0.3 is 0 Å². The van der Waals surface area contributed by atoms with Crippen LogP contribution in [-0.4, -0.2) is 72.3 Å². The standard InChI is InChI=1S/C25H27N9O3/c26-24-30-11-16(12-31-24)18-4-3-17(13-28-18)25(6-1-7-25)23-32-21(37-33-23)15-2-5-20(29-10-15)34-9-8-27-19(14-34)22(35)36/h2-5,10-13,19,22,27,35-36H,1,6-9,14H2,(H2,26,30,31). The first-order valence-corrected chi connectivity index (χ1v) is 12.2. The zero-order chi connectivity index (χ0) is 25.4. The van der Waals surface area contributed by atoms with Gasteiger partial charge in [0.2, 0.25) is 5.95 Å². The number of nitrogens with two attached hydrogens (primary N) is 1. The molecule has 1 saturated heterocycles. The number of aliphatic hydroxyl groups is 2. The van der Waals surface area contributed by atoms with Crippen LogP contribution in [-0.2, 0) is 5.41 Å². The Kier molecular flexibility index (Phi) is 5.99. The van der Waals surface area contributed by atoms with Gasteiger partial charge in [-0.3, -0.25) is 4.98 Å². The number of piperazine rings is 1. The van der Waals surface area contributed by atoms with Crippen molar-refractivity contribution in [2.75, 3.05) is 30.3 Å². The fourth-order valence-corrected chi connectivity index (χ4v) is 4.91. The molecule has 4 aromatic heterocycles. The summed E-state index contributed by atoms with van der Waals surface area (Å²) in [6.45, 7) is 1.82. The first kappa shape index (κ1) is 23.4. The lowest BCUT2D eigenvalue weighted by atomic mass is 9.64. The van der Waals surface area contributed by atoms with Crippen molar-refractivity contribution in [3.63, 3.8) is 0 Å². The van der Waals surface area contributed by atoms with Gasteiger partial charge in [-0.05, 0) is 36.6 Å². The van der Waals surface area contributed by atoms with Crippen molar-refractivity contribution in [3.05, 3.63) is 60.4 Å². The summed E-state index contributed by atoms with van der Waals surface area (Å²) in [4.78, 5) is 24.0. The monoisotopic (exact) mass is 501 g/mol. The summed E-state index contributed by atoms with van der Waals surface area (Å²) in [5.41, 5.74) is 8.58. The number of rotatable bonds is 6. The van der Waals surface area contributed by atoms with Gasteiger partial charge in [-0.15, -0.1) is 0 Å². The van der Waals surface area contributed by atoms with E-state index < -0.39 is 12.3 Å². The lowest BCUT2D eigenvalue weighted by Crippen LogP contribution is -2.55. The van der Waals surface area contributed by atoms with Gasteiger partial charge in [-0.2, -0.15) is 4.98 Å². The van der Waals surface area contributed by atoms with E-state index in [2.05, 4.69) is 30.4 Å². The normalized spacial score (nSPS) is 19.1. The van der Waals surface area contributed by atoms with E-state index >= 15 is 0 Å². The Bertz CT molecular complexity index is 1350. The van der Waals surface area contributed by atoms with E-state index in [-0.39, 0.29) is 11.4 Å². The van der Waals surface area contributed by atoms with Crippen molar-refractivity contribution in [2.45, 2.75) is 37.0 Å². The molecule has 1 unspecified atom stereocenters. The van der Waals surface area contributed by atoms with Crippen molar-refractivity contribution in [2.24, 2.45) is 0 Å². The highest BCUT2D eigenvalue weighted by Crippen LogP contribution is 2.48. The molecule has 0 spiro atoms. The summed E-state index contributed by atoms with van der Waals surface area (Å²) in [6.07, 6.45) is 8.36.